The normalized spacial score (nSPS) is 11.9. The van der Waals surface area contributed by atoms with E-state index in [2.05, 4.69) is 5.32 Å². The quantitative estimate of drug-likeness (QED) is 0.825. The Bertz CT molecular complexity index is 598. The van der Waals surface area contributed by atoms with Crippen LogP contribution in [0.2, 0.25) is 0 Å². The summed E-state index contributed by atoms with van der Waals surface area (Å²) in [6.07, 6.45) is -0.771. The van der Waals surface area contributed by atoms with Crippen LogP contribution < -0.4 is 5.32 Å². The Morgan fingerprint density at radius 1 is 1.18 bits per heavy atom. The molecule has 4 nitrogen and oxygen atoms in total. The number of anilines is 1. The molecule has 2 aromatic rings. The van der Waals surface area contributed by atoms with Gasteiger partial charge < -0.3 is 15.2 Å². The lowest BCUT2D eigenvalue weighted by Crippen LogP contribution is -2.15. The van der Waals surface area contributed by atoms with E-state index in [1.165, 1.54) is 0 Å². The maximum absolute atomic E-state index is 12.0. The van der Waals surface area contributed by atoms with E-state index in [1.54, 1.807) is 12.1 Å². The van der Waals surface area contributed by atoms with Gasteiger partial charge in [-0.15, -0.1) is 0 Å². The molecule has 0 aromatic heterocycles. The third-order valence-corrected chi connectivity index (χ3v) is 3.25. The molecular weight excluding hydrogens is 278 g/mol. The van der Waals surface area contributed by atoms with Crippen molar-refractivity contribution < 1.29 is 14.6 Å². The van der Waals surface area contributed by atoms with E-state index in [4.69, 9.17) is 4.74 Å². The largest absolute Gasteiger partial charge is 0.388 e. The van der Waals surface area contributed by atoms with Crippen LogP contribution in [-0.2, 0) is 16.1 Å². The smallest absolute Gasteiger partial charge is 0.227 e. The second kappa shape index (κ2) is 8.32. The summed E-state index contributed by atoms with van der Waals surface area (Å²) in [5.74, 6) is -0.218. The molecule has 0 fully saturated rings. The number of aliphatic hydroxyl groups excluding tert-OH is 1. The van der Waals surface area contributed by atoms with Crippen LogP contribution in [0.15, 0.2) is 54.6 Å². The van der Waals surface area contributed by atoms with Gasteiger partial charge in [-0.3, -0.25) is 4.79 Å². The Morgan fingerprint density at radius 2 is 1.95 bits per heavy atom. The molecule has 116 valence electrons. The fourth-order valence-corrected chi connectivity index (χ4v) is 2.14. The molecule has 22 heavy (non-hydrogen) atoms. The Morgan fingerprint density at radius 3 is 2.68 bits per heavy atom. The average Bonchev–Trinajstić information content (AvgIpc) is 2.54. The van der Waals surface area contributed by atoms with Crippen molar-refractivity contribution in [3.8, 4) is 0 Å². The molecule has 0 heterocycles. The minimum atomic E-state index is -0.798. The molecule has 0 saturated carbocycles. The second-order valence-corrected chi connectivity index (χ2v) is 5.02. The fourth-order valence-electron chi connectivity index (χ4n) is 2.14. The van der Waals surface area contributed by atoms with Crippen molar-refractivity contribution >= 4 is 11.6 Å². The van der Waals surface area contributed by atoms with E-state index >= 15 is 0 Å². The zero-order chi connectivity index (χ0) is 15.8. The molecule has 0 aliphatic carbocycles. The maximum atomic E-state index is 12.0. The molecule has 0 radical (unpaired) electrons. The van der Waals surface area contributed by atoms with Gasteiger partial charge in [-0.1, -0.05) is 42.5 Å². The average molecular weight is 299 g/mol. The number of rotatable bonds is 7. The van der Waals surface area contributed by atoms with Crippen LogP contribution in [0.5, 0.6) is 0 Å². The molecule has 2 N–H and O–H groups in total. The molecule has 1 atom stereocenters. The van der Waals surface area contributed by atoms with E-state index in [9.17, 15) is 9.90 Å². The summed E-state index contributed by atoms with van der Waals surface area (Å²) in [4.78, 5) is 12.0. The molecule has 0 saturated heterocycles. The van der Waals surface area contributed by atoms with Gasteiger partial charge in [-0.25, -0.2) is 0 Å². The van der Waals surface area contributed by atoms with Gasteiger partial charge in [0.2, 0.25) is 5.91 Å². The Kier molecular flexibility index (Phi) is 6.13. The van der Waals surface area contributed by atoms with Crippen molar-refractivity contribution in [3.05, 3.63) is 65.7 Å². The molecular formula is C18H21NO3. The van der Waals surface area contributed by atoms with Crippen molar-refractivity contribution in [2.45, 2.75) is 26.1 Å². The molecule has 0 spiro atoms. The van der Waals surface area contributed by atoms with Crippen LogP contribution in [0.4, 0.5) is 5.69 Å². The van der Waals surface area contributed by atoms with Crippen molar-refractivity contribution in [1.82, 2.24) is 0 Å². The number of carbonyl (C=O) groups is 1. The van der Waals surface area contributed by atoms with E-state index in [0.717, 1.165) is 11.1 Å². The van der Waals surface area contributed by atoms with Crippen molar-refractivity contribution in [3.63, 3.8) is 0 Å². The Hall–Kier alpha value is -2.17. The van der Waals surface area contributed by atoms with Gasteiger partial charge in [0.25, 0.3) is 0 Å². The second-order valence-electron chi connectivity index (χ2n) is 5.02. The summed E-state index contributed by atoms with van der Waals surface area (Å²) < 4.78 is 5.35. The van der Waals surface area contributed by atoms with Crippen LogP contribution >= 0.6 is 0 Å². The Labute approximate surface area is 130 Å². The van der Waals surface area contributed by atoms with Crippen LogP contribution in [0.3, 0.4) is 0 Å². The SMILES string of the molecule is CCOCc1cccc(NC(=O)CC(O)c2ccccc2)c1. The summed E-state index contributed by atoms with van der Waals surface area (Å²) in [5.41, 5.74) is 2.45. The van der Waals surface area contributed by atoms with E-state index < -0.39 is 6.10 Å². The predicted molar refractivity (Wildman–Crippen MR) is 86.4 cm³/mol. The molecule has 0 aliphatic rings. The first-order valence-corrected chi connectivity index (χ1v) is 7.38. The van der Waals surface area contributed by atoms with E-state index in [0.29, 0.717) is 18.9 Å². The van der Waals surface area contributed by atoms with Crippen molar-refractivity contribution in [2.75, 3.05) is 11.9 Å². The topological polar surface area (TPSA) is 58.6 Å². The lowest BCUT2D eigenvalue weighted by molar-refractivity contribution is -0.118. The minimum absolute atomic E-state index is 0.0275. The van der Waals surface area contributed by atoms with Crippen LogP contribution in [0.1, 0.15) is 30.6 Å². The first kappa shape index (κ1) is 16.2. The molecule has 1 amide bonds. The summed E-state index contributed by atoms with van der Waals surface area (Å²) in [6, 6.07) is 16.7. The van der Waals surface area contributed by atoms with Gasteiger partial charge in [-0.2, -0.15) is 0 Å². The number of benzene rings is 2. The number of hydrogen-bond acceptors (Lipinski definition) is 3. The number of hydrogen-bond donors (Lipinski definition) is 2. The molecule has 4 heteroatoms. The van der Waals surface area contributed by atoms with Gasteiger partial charge in [-0.05, 0) is 30.2 Å². The molecule has 2 aromatic carbocycles. The van der Waals surface area contributed by atoms with E-state index in [1.807, 2.05) is 49.4 Å². The summed E-state index contributed by atoms with van der Waals surface area (Å²) >= 11 is 0. The number of aliphatic hydroxyl groups is 1. The molecule has 2 rings (SSSR count). The number of nitrogens with one attached hydrogen (secondary N) is 1. The third kappa shape index (κ3) is 4.98. The van der Waals surface area contributed by atoms with Crippen LogP contribution in [0, 0.1) is 0 Å². The first-order valence-electron chi connectivity index (χ1n) is 7.38. The van der Waals surface area contributed by atoms with Gasteiger partial charge >= 0.3 is 0 Å². The van der Waals surface area contributed by atoms with Crippen molar-refractivity contribution in [1.29, 1.82) is 0 Å². The predicted octanol–water partition coefficient (Wildman–Crippen LogP) is 3.29. The standard InChI is InChI=1S/C18H21NO3/c1-2-22-13-14-7-6-10-16(11-14)19-18(21)12-17(20)15-8-4-3-5-9-15/h3-11,17,20H,2,12-13H2,1H3,(H,19,21). The van der Waals surface area contributed by atoms with Crippen LogP contribution in [-0.4, -0.2) is 17.6 Å². The molecule has 0 aliphatic heterocycles. The summed E-state index contributed by atoms with van der Waals surface area (Å²) in [7, 11) is 0. The molecule has 0 bridgehead atoms. The third-order valence-electron chi connectivity index (χ3n) is 3.25. The maximum Gasteiger partial charge on any atom is 0.227 e. The van der Waals surface area contributed by atoms with Gasteiger partial charge in [0.05, 0.1) is 19.1 Å². The van der Waals surface area contributed by atoms with Crippen LogP contribution in [0.25, 0.3) is 0 Å². The zero-order valence-corrected chi connectivity index (χ0v) is 12.7. The van der Waals surface area contributed by atoms with Gasteiger partial charge in [0.1, 0.15) is 0 Å². The summed E-state index contributed by atoms with van der Waals surface area (Å²) in [6.45, 7) is 3.11. The highest BCUT2D eigenvalue weighted by Gasteiger charge is 2.12. The van der Waals surface area contributed by atoms with Crippen molar-refractivity contribution in [2.24, 2.45) is 0 Å². The van der Waals surface area contributed by atoms with Gasteiger partial charge in [0.15, 0.2) is 0 Å². The molecule has 1 unspecified atom stereocenters. The number of carbonyl (C=O) groups excluding carboxylic acids is 1. The lowest BCUT2D eigenvalue weighted by Gasteiger charge is -2.12. The van der Waals surface area contributed by atoms with Gasteiger partial charge in [0, 0.05) is 12.3 Å². The van der Waals surface area contributed by atoms with E-state index in [-0.39, 0.29) is 12.3 Å². The zero-order valence-electron chi connectivity index (χ0n) is 12.7. The highest BCUT2D eigenvalue weighted by atomic mass is 16.5. The number of amides is 1. The highest BCUT2D eigenvalue weighted by molar-refractivity contribution is 5.91. The Balaban J connectivity index is 1.91. The lowest BCUT2D eigenvalue weighted by atomic mass is 10.1. The first-order chi connectivity index (χ1) is 10.7. The number of ether oxygens (including phenoxy) is 1. The monoisotopic (exact) mass is 299 g/mol. The highest BCUT2D eigenvalue weighted by Crippen LogP contribution is 2.18. The fraction of sp³-hybridized carbons (Fsp3) is 0.278. The summed E-state index contributed by atoms with van der Waals surface area (Å²) in [5, 5.41) is 12.9. The minimum Gasteiger partial charge on any atom is -0.388 e.